The van der Waals surface area contributed by atoms with Crippen LogP contribution in [0.5, 0.6) is 0 Å². The van der Waals surface area contributed by atoms with Crippen molar-refractivity contribution in [2.75, 3.05) is 6.54 Å². The van der Waals surface area contributed by atoms with Gasteiger partial charge in [0.1, 0.15) is 0 Å². The number of hydrogen-bond donors (Lipinski definition) is 0. The van der Waals surface area contributed by atoms with Crippen LogP contribution in [0.15, 0.2) is 52.2 Å². The van der Waals surface area contributed by atoms with Crippen molar-refractivity contribution in [2.24, 2.45) is 5.92 Å². The Morgan fingerprint density at radius 3 is 2.69 bits per heavy atom. The number of aromatic nitrogens is 3. The minimum Gasteiger partial charge on any atom is -0.461 e. The minimum absolute atomic E-state index is 0.189. The molecule has 0 bridgehead atoms. The van der Waals surface area contributed by atoms with E-state index in [1.807, 2.05) is 16.7 Å². The van der Waals surface area contributed by atoms with Gasteiger partial charge in [-0.05, 0) is 55.2 Å². The quantitative estimate of drug-likeness (QED) is 0.461. The summed E-state index contributed by atoms with van der Waals surface area (Å²) >= 11 is 7.32. The van der Waals surface area contributed by atoms with Gasteiger partial charge in [0, 0.05) is 23.7 Å². The van der Waals surface area contributed by atoms with Crippen LogP contribution in [-0.2, 0) is 11.3 Å². The molecule has 3 heterocycles. The second kappa shape index (κ2) is 9.92. The van der Waals surface area contributed by atoms with Crippen LogP contribution in [0.4, 0.5) is 0 Å². The highest BCUT2D eigenvalue weighted by Gasteiger charge is 2.34. The highest BCUT2D eigenvalue weighted by atomic mass is 35.5. The Labute approximate surface area is 196 Å². The number of benzene rings is 1. The van der Waals surface area contributed by atoms with Gasteiger partial charge >= 0.3 is 0 Å². The van der Waals surface area contributed by atoms with Gasteiger partial charge in [-0.1, -0.05) is 43.6 Å². The molecule has 0 aliphatic carbocycles. The third-order valence-corrected chi connectivity index (χ3v) is 6.72. The Hall–Kier alpha value is -2.58. The zero-order chi connectivity index (χ0) is 22.7. The Bertz CT molecular complexity index is 1080. The Kier molecular flexibility index (Phi) is 7.01. The molecule has 1 aliphatic rings. The molecule has 7 nitrogen and oxygen atoms in total. The lowest BCUT2D eigenvalue weighted by Gasteiger charge is -2.22. The van der Waals surface area contributed by atoms with Gasteiger partial charge in [0.25, 0.3) is 5.91 Å². The molecule has 9 heteroatoms. The summed E-state index contributed by atoms with van der Waals surface area (Å²) in [5.41, 5.74) is 0.455. The normalized spacial score (nSPS) is 17.1. The molecule has 168 valence electrons. The molecule has 2 amide bonds. The number of thioether (sulfide) groups is 1. The summed E-state index contributed by atoms with van der Waals surface area (Å²) in [6.07, 6.45) is 3.92. The van der Waals surface area contributed by atoms with Crippen molar-refractivity contribution in [3.05, 3.63) is 53.2 Å². The molecule has 2 aromatic heterocycles. The zero-order valence-corrected chi connectivity index (χ0v) is 19.6. The fourth-order valence-electron chi connectivity index (χ4n) is 3.69. The molecule has 1 aliphatic heterocycles. The average molecular weight is 473 g/mol. The standard InChI is InChI=1S/C23H25ClN4O3S/c1-15(2)14-28-20(18-6-5-13-31-18)25-26-23(28)32-19-7-3-4-12-27(22(19)30)21(29)16-8-10-17(24)11-9-16/h5-6,8-11,13,15,19H,3-4,7,12,14H2,1-2H3/t19-/m0/s1. The van der Waals surface area contributed by atoms with Crippen molar-refractivity contribution in [1.82, 2.24) is 19.7 Å². The lowest BCUT2D eigenvalue weighted by Crippen LogP contribution is -2.41. The Balaban J connectivity index is 1.59. The molecular formula is C23H25ClN4O3S. The first-order valence-electron chi connectivity index (χ1n) is 10.7. The second-order valence-electron chi connectivity index (χ2n) is 8.19. The van der Waals surface area contributed by atoms with Crippen molar-refractivity contribution in [2.45, 2.75) is 50.1 Å². The number of carbonyl (C=O) groups excluding carboxylic acids is 2. The maximum absolute atomic E-state index is 13.4. The van der Waals surface area contributed by atoms with Gasteiger partial charge in [-0.25, -0.2) is 0 Å². The van der Waals surface area contributed by atoms with Crippen molar-refractivity contribution < 1.29 is 14.0 Å². The SMILES string of the molecule is CC(C)Cn1c(S[C@H]2CCCCN(C(=O)c3ccc(Cl)cc3)C2=O)nnc1-c1ccco1. The van der Waals surface area contributed by atoms with E-state index in [9.17, 15) is 9.59 Å². The molecule has 0 unspecified atom stereocenters. The van der Waals surface area contributed by atoms with E-state index in [1.165, 1.54) is 16.7 Å². The lowest BCUT2D eigenvalue weighted by molar-refractivity contribution is -0.127. The van der Waals surface area contributed by atoms with E-state index in [0.717, 1.165) is 12.8 Å². The van der Waals surface area contributed by atoms with Gasteiger partial charge in [0.2, 0.25) is 5.91 Å². The summed E-state index contributed by atoms with van der Waals surface area (Å²) in [5.74, 6) is 1.15. The van der Waals surface area contributed by atoms with Gasteiger partial charge in [-0.15, -0.1) is 10.2 Å². The van der Waals surface area contributed by atoms with Gasteiger partial charge in [-0.2, -0.15) is 0 Å². The minimum atomic E-state index is -0.409. The first-order valence-corrected chi connectivity index (χ1v) is 11.9. The number of rotatable bonds is 6. The molecule has 0 spiro atoms. The summed E-state index contributed by atoms with van der Waals surface area (Å²) in [7, 11) is 0. The van der Waals surface area contributed by atoms with Crippen LogP contribution >= 0.6 is 23.4 Å². The van der Waals surface area contributed by atoms with Crippen molar-refractivity contribution in [3.63, 3.8) is 0 Å². The summed E-state index contributed by atoms with van der Waals surface area (Å²) in [6, 6.07) is 10.3. The van der Waals surface area contributed by atoms with E-state index in [4.69, 9.17) is 16.0 Å². The number of amides is 2. The molecule has 0 N–H and O–H groups in total. The van der Waals surface area contributed by atoms with Crippen LogP contribution in [0.1, 0.15) is 43.5 Å². The van der Waals surface area contributed by atoms with Gasteiger partial charge in [0.05, 0.1) is 11.5 Å². The van der Waals surface area contributed by atoms with Gasteiger partial charge in [0.15, 0.2) is 16.7 Å². The molecule has 4 rings (SSSR count). The van der Waals surface area contributed by atoms with E-state index in [-0.39, 0.29) is 11.8 Å². The highest BCUT2D eigenvalue weighted by Crippen LogP contribution is 2.32. The predicted molar refractivity (Wildman–Crippen MR) is 124 cm³/mol. The molecule has 1 atom stereocenters. The number of nitrogens with zero attached hydrogens (tertiary/aromatic N) is 4. The molecule has 1 aromatic carbocycles. The van der Waals surface area contributed by atoms with Crippen LogP contribution < -0.4 is 0 Å². The molecule has 32 heavy (non-hydrogen) atoms. The number of likely N-dealkylation sites (tertiary alicyclic amines) is 1. The van der Waals surface area contributed by atoms with Crippen LogP contribution in [0.25, 0.3) is 11.6 Å². The fourth-order valence-corrected chi connectivity index (χ4v) is 4.96. The first kappa shape index (κ1) is 22.6. The van der Waals surface area contributed by atoms with Crippen LogP contribution in [0, 0.1) is 5.92 Å². The van der Waals surface area contributed by atoms with Crippen LogP contribution in [0.3, 0.4) is 0 Å². The smallest absolute Gasteiger partial charge is 0.260 e. The molecule has 1 saturated heterocycles. The third kappa shape index (κ3) is 4.91. The Morgan fingerprint density at radius 2 is 2.00 bits per heavy atom. The maximum Gasteiger partial charge on any atom is 0.260 e. The summed E-state index contributed by atoms with van der Waals surface area (Å²) in [6.45, 7) is 5.33. The molecule has 3 aromatic rings. The van der Waals surface area contributed by atoms with Crippen LogP contribution in [0.2, 0.25) is 5.02 Å². The predicted octanol–water partition coefficient (Wildman–Crippen LogP) is 5.16. The lowest BCUT2D eigenvalue weighted by atomic mass is 10.2. The Morgan fingerprint density at radius 1 is 1.22 bits per heavy atom. The second-order valence-corrected chi connectivity index (χ2v) is 9.80. The monoisotopic (exact) mass is 472 g/mol. The van der Waals surface area contributed by atoms with E-state index < -0.39 is 5.25 Å². The molecular weight excluding hydrogens is 448 g/mol. The van der Waals surface area contributed by atoms with E-state index in [1.54, 1.807) is 30.5 Å². The number of carbonyl (C=O) groups is 2. The number of hydrogen-bond acceptors (Lipinski definition) is 6. The van der Waals surface area contributed by atoms with Crippen molar-refractivity contribution in [3.8, 4) is 11.6 Å². The largest absolute Gasteiger partial charge is 0.461 e. The fraction of sp³-hybridized carbons (Fsp3) is 0.391. The van der Waals surface area contributed by atoms with Crippen molar-refractivity contribution >= 4 is 35.2 Å². The number of halogens is 1. The van der Waals surface area contributed by atoms with Gasteiger partial charge in [-0.3, -0.25) is 19.1 Å². The van der Waals surface area contributed by atoms with E-state index >= 15 is 0 Å². The summed E-state index contributed by atoms with van der Waals surface area (Å²) in [4.78, 5) is 27.8. The van der Waals surface area contributed by atoms with Crippen LogP contribution in [-0.4, -0.2) is 43.3 Å². The first-order chi connectivity index (χ1) is 15.4. The number of furan rings is 1. The molecule has 0 radical (unpaired) electrons. The third-order valence-electron chi connectivity index (χ3n) is 5.23. The summed E-state index contributed by atoms with van der Waals surface area (Å²) in [5, 5.41) is 9.50. The molecule has 1 fully saturated rings. The highest BCUT2D eigenvalue weighted by molar-refractivity contribution is 8.00. The zero-order valence-electron chi connectivity index (χ0n) is 18.0. The van der Waals surface area contributed by atoms with Crippen molar-refractivity contribution in [1.29, 1.82) is 0 Å². The topological polar surface area (TPSA) is 81.2 Å². The maximum atomic E-state index is 13.4. The molecule has 0 saturated carbocycles. The summed E-state index contributed by atoms with van der Waals surface area (Å²) < 4.78 is 7.53. The van der Waals surface area contributed by atoms with E-state index in [2.05, 4.69) is 24.0 Å². The average Bonchev–Trinajstić information content (AvgIpc) is 3.38. The van der Waals surface area contributed by atoms with E-state index in [0.29, 0.717) is 52.8 Å². The number of imide groups is 1. The van der Waals surface area contributed by atoms with Gasteiger partial charge < -0.3 is 4.42 Å².